The number of rotatable bonds is 9. The summed E-state index contributed by atoms with van der Waals surface area (Å²) in [6, 6.07) is 7.85. The van der Waals surface area contributed by atoms with Crippen LogP contribution in [0.15, 0.2) is 29.4 Å². The van der Waals surface area contributed by atoms with Gasteiger partial charge in [0.2, 0.25) is 0 Å². The molecule has 0 unspecified atom stereocenters. The van der Waals surface area contributed by atoms with Crippen molar-refractivity contribution >= 4 is 28.7 Å². The first kappa shape index (κ1) is 18.4. The molecule has 0 aliphatic carbocycles. The largest absolute Gasteiger partial charge is 0.497 e. The summed E-state index contributed by atoms with van der Waals surface area (Å²) in [6.45, 7) is 3.05. The molecule has 2 aromatic heterocycles. The molecule has 1 aromatic carbocycles. The SMILES string of the molecule is CCCSc1nc(NCc2ccc(OC)cc2)c2nnn(CCO)c2n1. The highest BCUT2D eigenvalue weighted by molar-refractivity contribution is 7.99. The zero-order valence-electron chi connectivity index (χ0n) is 14.8. The Hall–Kier alpha value is -2.39. The number of benzene rings is 1. The van der Waals surface area contributed by atoms with Crippen LogP contribution in [-0.2, 0) is 13.1 Å². The van der Waals surface area contributed by atoms with Crippen molar-refractivity contribution < 1.29 is 9.84 Å². The molecule has 0 aliphatic heterocycles. The van der Waals surface area contributed by atoms with Gasteiger partial charge in [-0.15, -0.1) is 5.10 Å². The van der Waals surface area contributed by atoms with Gasteiger partial charge in [0.25, 0.3) is 0 Å². The van der Waals surface area contributed by atoms with E-state index in [1.165, 1.54) is 0 Å². The predicted octanol–water partition coefficient (Wildman–Crippen LogP) is 2.34. The van der Waals surface area contributed by atoms with Crippen molar-refractivity contribution in [2.24, 2.45) is 0 Å². The van der Waals surface area contributed by atoms with Gasteiger partial charge >= 0.3 is 0 Å². The van der Waals surface area contributed by atoms with E-state index in [1.54, 1.807) is 23.6 Å². The van der Waals surface area contributed by atoms with E-state index in [2.05, 4.69) is 32.5 Å². The topological polar surface area (TPSA) is 98.0 Å². The summed E-state index contributed by atoms with van der Waals surface area (Å²) >= 11 is 1.60. The first-order valence-electron chi connectivity index (χ1n) is 8.46. The lowest BCUT2D eigenvalue weighted by Gasteiger charge is -2.09. The molecular formula is C17H22N6O2S. The number of methoxy groups -OCH3 is 1. The molecule has 0 saturated heterocycles. The Kier molecular flexibility index (Phi) is 6.24. The Balaban J connectivity index is 1.86. The molecule has 9 heteroatoms. The lowest BCUT2D eigenvalue weighted by atomic mass is 10.2. The van der Waals surface area contributed by atoms with Crippen molar-refractivity contribution in [3.63, 3.8) is 0 Å². The third kappa shape index (κ3) is 4.23. The lowest BCUT2D eigenvalue weighted by Crippen LogP contribution is -2.07. The van der Waals surface area contributed by atoms with E-state index in [0.717, 1.165) is 23.5 Å². The van der Waals surface area contributed by atoms with Gasteiger partial charge in [-0.1, -0.05) is 36.0 Å². The van der Waals surface area contributed by atoms with Crippen molar-refractivity contribution in [3.05, 3.63) is 29.8 Å². The van der Waals surface area contributed by atoms with E-state index in [0.29, 0.717) is 35.2 Å². The van der Waals surface area contributed by atoms with Gasteiger partial charge in [0.05, 0.1) is 20.3 Å². The highest BCUT2D eigenvalue weighted by Gasteiger charge is 2.14. The van der Waals surface area contributed by atoms with E-state index < -0.39 is 0 Å². The molecule has 0 saturated carbocycles. The fourth-order valence-corrected chi connectivity index (χ4v) is 3.09. The molecule has 0 fully saturated rings. The number of aliphatic hydroxyl groups excluding tert-OH is 1. The Labute approximate surface area is 156 Å². The van der Waals surface area contributed by atoms with Crippen molar-refractivity contribution in [3.8, 4) is 5.75 Å². The molecule has 0 atom stereocenters. The Morgan fingerprint density at radius 2 is 2.04 bits per heavy atom. The molecular weight excluding hydrogens is 352 g/mol. The van der Waals surface area contributed by atoms with Gasteiger partial charge in [-0.25, -0.2) is 14.6 Å². The highest BCUT2D eigenvalue weighted by atomic mass is 32.2. The van der Waals surface area contributed by atoms with Gasteiger partial charge in [-0.05, 0) is 24.1 Å². The molecule has 3 rings (SSSR count). The van der Waals surface area contributed by atoms with Crippen molar-refractivity contribution in [2.75, 3.05) is 24.8 Å². The number of aromatic nitrogens is 5. The summed E-state index contributed by atoms with van der Waals surface area (Å²) in [5.74, 6) is 2.40. The molecule has 2 heterocycles. The van der Waals surface area contributed by atoms with Gasteiger partial charge in [0.15, 0.2) is 22.1 Å². The number of anilines is 1. The quantitative estimate of drug-likeness (QED) is 0.435. The number of fused-ring (bicyclic) bond motifs is 1. The second-order valence-electron chi connectivity index (χ2n) is 5.61. The molecule has 0 aliphatic rings. The summed E-state index contributed by atoms with van der Waals surface area (Å²) in [5, 5.41) is 21.5. The van der Waals surface area contributed by atoms with E-state index in [-0.39, 0.29) is 6.61 Å². The summed E-state index contributed by atoms with van der Waals surface area (Å²) in [5.41, 5.74) is 2.33. The van der Waals surface area contributed by atoms with Gasteiger partial charge in [0, 0.05) is 12.3 Å². The molecule has 8 nitrogen and oxygen atoms in total. The monoisotopic (exact) mass is 374 g/mol. The molecule has 0 bridgehead atoms. The molecule has 0 radical (unpaired) electrons. The number of hydrogen-bond acceptors (Lipinski definition) is 8. The zero-order chi connectivity index (χ0) is 18.4. The van der Waals surface area contributed by atoms with Crippen LogP contribution in [0, 0.1) is 0 Å². The first-order chi connectivity index (χ1) is 12.7. The maximum absolute atomic E-state index is 9.21. The zero-order valence-corrected chi connectivity index (χ0v) is 15.7. The third-order valence-corrected chi connectivity index (χ3v) is 4.76. The highest BCUT2D eigenvalue weighted by Crippen LogP contribution is 2.24. The minimum absolute atomic E-state index is 0.0193. The van der Waals surface area contributed by atoms with Gasteiger partial charge < -0.3 is 15.2 Å². The van der Waals surface area contributed by atoms with Crippen LogP contribution < -0.4 is 10.1 Å². The van der Waals surface area contributed by atoms with Crippen LogP contribution in [0.5, 0.6) is 5.75 Å². The summed E-state index contributed by atoms with van der Waals surface area (Å²) in [4.78, 5) is 9.15. The van der Waals surface area contributed by atoms with E-state index in [9.17, 15) is 5.11 Å². The number of ether oxygens (including phenoxy) is 1. The maximum atomic E-state index is 9.21. The Morgan fingerprint density at radius 1 is 1.23 bits per heavy atom. The van der Waals surface area contributed by atoms with Crippen molar-refractivity contribution in [2.45, 2.75) is 31.6 Å². The molecule has 2 N–H and O–H groups in total. The number of nitrogens with one attached hydrogen (secondary N) is 1. The number of aliphatic hydroxyl groups is 1. The van der Waals surface area contributed by atoms with Crippen molar-refractivity contribution in [1.82, 2.24) is 25.0 Å². The van der Waals surface area contributed by atoms with Crippen LogP contribution in [0.4, 0.5) is 5.82 Å². The Morgan fingerprint density at radius 3 is 2.73 bits per heavy atom. The lowest BCUT2D eigenvalue weighted by molar-refractivity contribution is 0.270. The van der Waals surface area contributed by atoms with Crippen LogP contribution in [0.1, 0.15) is 18.9 Å². The molecule has 138 valence electrons. The van der Waals surface area contributed by atoms with E-state index in [4.69, 9.17) is 4.74 Å². The predicted molar refractivity (Wildman–Crippen MR) is 102 cm³/mol. The minimum atomic E-state index is -0.0193. The summed E-state index contributed by atoms with van der Waals surface area (Å²) in [7, 11) is 1.65. The Bertz CT molecular complexity index is 852. The van der Waals surface area contributed by atoms with E-state index in [1.807, 2.05) is 24.3 Å². The summed E-state index contributed by atoms with van der Waals surface area (Å²) in [6.07, 6.45) is 1.04. The maximum Gasteiger partial charge on any atom is 0.191 e. The standard InChI is InChI=1S/C17H22N6O2S/c1-3-10-26-17-19-15(14-16(20-17)23(8-9-24)22-21-14)18-11-12-4-6-13(25-2)7-5-12/h4-7,24H,3,8-11H2,1-2H3,(H,18,19,20). The summed E-state index contributed by atoms with van der Waals surface area (Å²) < 4.78 is 6.79. The minimum Gasteiger partial charge on any atom is -0.497 e. The number of thioether (sulfide) groups is 1. The number of nitrogens with zero attached hydrogens (tertiary/aromatic N) is 5. The average molecular weight is 374 g/mol. The fraction of sp³-hybridized carbons (Fsp3) is 0.412. The fourth-order valence-electron chi connectivity index (χ4n) is 2.39. The second kappa shape index (κ2) is 8.81. The van der Waals surface area contributed by atoms with E-state index >= 15 is 0 Å². The van der Waals surface area contributed by atoms with Crippen LogP contribution in [0.2, 0.25) is 0 Å². The van der Waals surface area contributed by atoms with Crippen LogP contribution in [0.3, 0.4) is 0 Å². The molecule has 26 heavy (non-hydrogen) atoms. The van der Waals surface area contributed by atoms with Gasteiger partial charge in [0.1, 0.15) is 5.75 Å². The third-order valence-electron chi connectivity index (χ3n) is 3.71. The number of hydrogen-bond donors (Lipinski definition) is 2. The molecule has 0 spiro atoms. The smallest absolute Gasteiger partial charge is 0.191 e. The second-order valence-corrected chi connectivity index (χ2v) is 6.68. The van der Waals surface area contributed by atoms with Crippen LogP contribution in [-0.4, -0.2) is 49.5 Å². The van der Waals surface area contributed by atoms with Crippen LogP contribution in [0.25, 0.3) is 11.2 Å². The molecule has 3 aromatic rings. The first-order valence-corrected chi connectivity index (χ1v) is 9.45. The molecule has 0 amide bonds. The normalized spacial score (nSPS) is 11.0. The van der Waals surface area contributed by atoms with Gasteiger partial charge in [-0.3, -0.25) is 0 Å². The van der Waals surface area contributed by atoms with Gasteiger partial charge in [-0.2, -0.15) is 0 Å². The average Bonchev–Trinajstić information content (AvgIpc) is 3.08. The van der Waals surface area contributed by atoms with Crippen molar-refractivity contribution in [1.29, 1.82) is 0 Å². The van der Waals surface area contributed by atoms with Crippen LogP contribution >= 0.6 is 11.8 Å².